The van der Waals surface area contributed by atoms with Gasteiger partial charge in [-0.05, 0) is 26.3 Å². The molecular weight excluding hydrogens is 368 g/mol. The molecule has 1 aromatic heterocycles. The van der Waals surface area contributed by atoms with Crippen molar-refractivity contribution in [2.75, 3.05) is 14.2 Å². The predicted molar refractivity (Wildman–Crippen MR) is 97.6 cm³/mol. The van der Waals surface area contributed by atoms with Crippen LogP contribution in [-0.4, -0.2) is 60.0 Å². The molecule has 2 atom stereocenters. The van der Waals surface area contributed by atoms with Crippen LogP contribution in [0.1, 0.15) is 38.4 Å². The van der Waals surface area contributed by atoms with E-state index in [-0.39, 0.29) is 12.8 Å². The smallest absolute Gasteiger partial charge is 0.328 e. The molecule has 10 nitrogen and oxygen atoms in total. The molecule has 1 N–H and O–H groups in total. The number of Topliss-reactive ketones (excluding diaryl/α,β-unsaturated/α-hetero) is 1. The van der Waals surface area contributed by atoms with E-state index in [4.69, 9.17) is 19.7 Å². The zero-order valence-electron chi connectivity index (χ0n) is 16.2. The van der Waals surface area contributed by atoms with E-state index in [1.54, 1.807) is 19.9 Å². The number of methoxy groups -OCH3 is 2. The van der Waals surface area contributed by atoms with Gasteiger partial charge in [0.2, 0.25) is 5.78 Å². The van der Waals surface area contributed by atoms with Gasteiger partial charge < -0.3 is 25.1 Å². The molecular formula is C18H24N4O6. The first kappa shape index (κ1) is 22.9. The quantitative estimate of drug-likeness (QED) is 0.255. The van der Waals surface area contributed by atoms with Gasteiger partial charge in [0.15, 0.2) is 6.10 Å². The maximum Gasteiger partial charge on any atom is 0.328 e. The van der Waals surface area contributed by atoms with Crippen LogP contribution >= 0.6 is 0 Å². The van der Waals surface area contributed by atoms with E-state index < -0.39 is 35.9 Å². The molecule has 0 spiro atoms. The number of esters is 1. The molecule has 0 saturated carbocycles. The molecule has 28 heavy (non-hydrogen) atoms. The number of hydrogen-bond donors (Lipinski definition) is 1. The van der Waals surface area contributed by atoms with Gasteiger partial charge in [-0.2, -0.15) is 4.79 Å². The number of nitrogens with one attached hydrogen (secondary N) is 1. The Balaban J connectivity index is 2.96. The Kier molecular flexibility index (Phi) is 9.49. The topological polar surface area (TPSA) is 140 Å². The fourth-order valence-electron chi connectivity index (χ4n) is 2.31. The Morgan fingerprint density at radius 2 is 2.00 bits per heavy atom. The lowest BCUT2D eigenvalue weighted by molar-refractivity contribution is -0.152. The molecule has 0 aliphatic rings. The van der Waals surface area contributed by atoms with Gasteiger partial charge >= 0.3 is 12.2 Å². The molecule has 0 saturated heterocycles. The Hall–Kier alpha value is -3.10. The van der Waals surface area contributed by atoms with Gasteiger partial charge in [-0.3, -0.25) is 14.6 Å². The van der Waals surface area contributed by atoms with Gasteiger partial charge in [-0.25, -0.2) is 4.79 Å². The molecule has 0 unspecified atom stereocenters. The summed E-state index contributed by atoms with van der Waals surface area (Å²) >= 11 is 0. The average Bonchev–Trinajstić information content (AvgIpc) is 2.65. The van der Waals surface area contributed by atoms with Crippen molar-refractivity contribution >= 4 is 23.9 Å². The van der Waals surface area contributed by atoms with Crippen LogP contribution in [0.4, 0.5) is 0 Å². The Morgan fingerprint density at radius 1 is 1.29 bits per heavy atom. The number of nitrogens with zero attached hydrogens (tertiary/aromatic N) is 3. The highest BCUT2D eigenvalue weighted by Gasteiger charge is 2.29. The van der Waals surface area contributed by atoms with Crippen molar-refractivity contribution < 1.29 is 33.4 Å². The van der Waals surface area contributed by atoms with Crippen molar-refractivity contribution in [3.05, 3.63) is 29.6 Å². The summed E-state index contributed by atoms with van der Waals surface area (Å²) in [5.41, 5.74) is 8.83. The fourth-order valence-corrected chi connectivity index (χ4v) is 2.31. The molecule has 10 heteroatoms. The molecule has 152 valence electrons. The molecule has 1 heterocycles. The van der Waals surface area contributed by atoms with Crippen molar-refractivity contribution in [2.45, 2.75) is 44.9 Å². The number of pyridine rings is 1. The third-order valence-corrected chi connectivity index (χ3v) is 3.58. The third-order valence-electron chi connectivity index (χ3n) is 3.58. The minimum absolute atomic E-state index is 0.0328. The van der Waals surface area contributed by atoms with E-state index >= 15 is 0 Å². The predicted octanol–water partition coefficient (Wildman–Crippen LogP) is 0.864. The first-order valence-corrected chi connectivity index (χ1v) is 8.55. The van der Waals surface area contributed by atoms with Crippen molar-refractivity contribution in [3.8, 4) is 5.75 Å². The lowest BCUT2D eigenvalue weighted by Gasteiger charge is -2.22. The highest BCUT2D eigenvalue weighted by molar-refractivity contribution is 6.25. The second-order valence-electron chi connectivity index (χ2n) is 6.07. The Morgan fingerprint density at radius 3 is 2.57 bits per heavy atom. The van der Waals surface area contributed by atoms with Crippen molar-refractivity contribution in [3.63, 3.8) is 0 Å². The standard InChI is InChI=1S/C18H24N4O6/c1-11(2)28-18(25)15(6-5-13(23)9-21-19)22-17(24)16(27-4)12-7-14(26-3)10-20-8-12/h7-11,15-16H,5-6H2,1-4H3,(H,22,24)/t15-,16+/m0/s1. The lowest BCUT2D eigenvalue weighted by atomic mass is 10.1. The van der Waals surface area contributed by atoms with E-state index in [1.165, 1.54) is 26.6 Å². The van der Waals surface area contributed by atoms with Gasteiger partial charge in [0.1, 0.15) is 11.8 Å². The van der Waals surface area contributed by atoms with Gasteiger partial charge in [-0.1, -0.05) is 0 Å². The maximum atomic E-state index is 12.7. The van der Waals surface area contributed by atoms with Crippen LogP contribution in [0.25, 0.3) is 5.53 Å². The van der Waals surface area contributed by atoms with E-state index in [2.05, 4.69) is 15.1 Å². The number of ketones is 1. The van der Waals surface area contributed by atoms with Crippen LogP contribution in [0.2, 0.25) is 0 Å². The molecule has 0 aliphatic heterocycles. The third kappa shape index (κ3) is 7.26. The number of carbonyl (C=O) groups excluding carboxylic acids is 3. The summed E-state index contributed by atoms with van der Waals surface area (Å²) in [6.07, 6.45) is 2.04. The monoisotopic (exact) mass is 392 g/mol. The van der Waals surface area contributed by atoms with E-state index in [9.17, 15) is 14.4 Å². The average molecular weight is 392 g/mol. The van der Waals surface area contributed by atoms with Crippen molar-refractivity contribution in [1.82, 2.24) is 10.3 Å². The largest absolute Gasteiger partial charge is 0.495 e. The first-order valence-electron chi connectivity index (χ1n) is 8.55. The number of rotatable bonds is 11. The summed E-state index contributed by atoms with van der Waals surface area (Å²) in [6, 6.07) is 0.505. The summed E-state index contributed by atoms with van der Waals surface area (Å²) < 4.78 is 15.5. The van der Waals surface area contributed by atoms with E-state index in [0.717, 1.165) is 6.21 Å². The van der Waals surface area contributed by atoms with E-state index in [1.807, 2.05) is 0 Å². The lowest BCUT2D eigenvalue weighted by Crippen LogP contribution is -2.45. The number of ether oxygens (including phenoxy) is 3. The molecule has 0 bridgehead atoms. The maximum absolute atomic E-state index is 12.7. The van der Waals surface area contributed by atoms with Crippen LogP contribution in [-0.2, 0) is 23.9 Å². The molecule has 0 fully saturated rings. The van der Waals surface area contributed by atoms with Gasteiger partial charge in [0.05, 0.1) is 19.4 Å². The van der Waals surface area contributed by atoms with E-state index in [0.29, 0.717) is 11.3 Å². The van der Waals surface area contributed by atoms with Crippen LogP contribution in [0, 0.1) is 0 Å². The summed E-state index contributed by atoms with van der Waals surface area (Å²) in [7, 11) is 2.81. The second-order valence-corrected chi connectivity index (χ2v) is 6.07. The minimum atomic E-state index is -1.08. The first-order chi connectivity index (χ1) is 13.3. The normalized spacial score (nSPS) is 12.5. The summed E-state index contributed by atoms with van der Waals surface area (Å²) in [6.45, 7) is 3.33. The molecule has 1 amide bonds. The SMILES string of the molecule is COc1cncc([C@@H](OC)C(=O)N[C@@H](CCC(=O)C=[N+]=[N-])C(=O)OC(C)C)c1. The van der Waals surface area contributed by atoms with Crippen LogP contribution < -0.4 is 10.1 Å². The Bertz CT molecular complexity index is 745. The summed E-state index contributed by atoms with van der Waals surface area (Å²) in [5, 5.41) is 2.54. The number of amides is 1. The number of aromatic nitrogens is 1. The summed E-state index contributed by atoms with van der Waals surface area (Å²) in [5.74, 6) is -1.35. The fraction of sp³-hybridized carbons (Fsp3) is 0.500. The molecule has 0 radical (unpaired) electrons. The van der Waals surface area contributed by atoms with Crippen molar-refractivity contribution in [2.24, 2.45) is 0 Å². The second kappa shape index (κ2) is 11.6. The zero-order chi connectivity index (χ0) is 21.1. The van der Waals surface area contributed by atoms with Crippen LogP contribution in [0.3, 0.4) is 0 Å². The molecule has 1 rings (SSSR count). The highest BCUT2D eigenvalue weighted by atomic mass is 16.5. The number of hydrogen-bond acceptors (Lipinski definition) is 7. The van der Waals surface area contributed by atoms with Crippen LogP contribution in [0.5, 0.6) is 5.75 Å². The molecule has 1 aromatic rings. The minimum Gasteiger partial charge on any atom is -0.495 e. The highest BCUT2D eigenvalue weighted by Crippen LogP contribution is 2.21. The van der Waals surface area contributed by atoms with Gasteiger partial charge in [0, 0.05) is 25.3 Å². The molecule has 0 aliphatic carbocycles. The zero-order valence-corrected chi connectivity index (χ0v) is 16.2. The number of carbonyl (C=O) groups is 3. The molecule has 0 aromatic carbocycles. The summed E-state index contributed by atoms with van der Waals surface area (Å²) in [4.78, 5) is 43.2. The van der Waals surface area contributed by atoms with Crippen LogP contribution in [0.15, 0.2) is 18.5 Å². The van der Waals surface area contributed by atoms with Gasteiger partial charge in [0.25, 0.3) is 5.91 Å². The van der Waals surface area contributed by atoms with Gasteiger partial charge in [-0.15, -0.1) is 0 Å². The van der Waals surface area contributed by atoms with Crippen molar-refractivity contribution in [1.29, 1.82) is 0 Å². The Labute approximate surface area is 162 Å².